The summed E-state index contributed by atoms with van der Waals surface area (Å²) < 4.78 is 39.5. The molecule has 0 spiro atoms. The fourth-order valence-corrected chi connectivity index (χ4v) is 8.14. The molecule has 6 rings (SSSR count). The van der Waals surface area contributed by atoms with Crippen molar-refractivity contribution in [1.29, 1.82) is 0 Å². The molecule has 2 aromatic heterocycles. The molecule has 17 heteroatoms. The highest BCUT2D eigenvalue weighted by Gasteiger charge is 2.54. The molecule has 5 N–H and O–H groups in total. The zero-order valence-electron chi connectivity index (χ0n) is 30.8. The van der Waals surface area contributed by atoms with E-state index in [0.717, 1.165) is 24.0 Å². The van der Waals surface area contributed by atoms with E-state index in [9.17, 15) is 19.8 Å². The minimum Gasteiger partial charge on any atom is -0.465 e. The van der Waals surface area contributed by atoms with Gasteiger partial charge in [0.05, 0.1) is 26.1 Å². The maximum Gasteiger partial charge on any atom is 0.342 e. The predicted molar refractivity (Wildman–Crippen MR) is 198 cm³/mol. The number of fused-ring (bicyclic) bond motifs is 1. The maximum atomic E-state index is 15.0. The summed E-state index contributed by atoms with van der Waals surface area (Å²) in [7, 11) is -4.44. The van der Waals surface area contributed by atoms with Gasteiger partial charge in [0, 0.05) is 6.04 Å². The smallest absolute Gasteiger partial charge is 0.342 e. The fourth-order valence-electron chi connectivity index (χ4n) is 6.35. The lowest BCUT2D eigenvalue weighted by atomic mass is 9.96. The van der Waals surface area contributed by atoms with Crippen molar-refractivity contribution in [1.82, 2.24) is 29.7 Å². The summed E-state index contributed by atoms with van der Waals surface area (Å²) >= 11 is 0. The Morgan fingerprint density at radius 2 is 1.52 bits per heavy atom. The van der Waals surface area contributed by atoms with Gasteiger partial charge >= 0.3 is 19.6 Å². The number of nitrogens with one attached hydrogen (secondary N) is 3. The van der Waals surface area contributed by atoms with Gasteiger partial charge in [-0.2, -0.15) is 0 Å². The number of nitrogens with zero attached hydrogens (tertiary/aromatic N) is 4. The normalized spacial score (nSPS) is 22.5. The van der Waals surface area contributed by atoms with Crippen molar-refractivity contribution in [3.05, 3.63) is 83.9 Å². The molecule has 0 radical (unpaired) electrons. The molecular weight excluding hydrogens is 717 g/mol. The third kappa shape index (κ3) is 9.32. The number of anilines is 1. The quantitative estimate of drug-likeness (QED) is 0.0727. The van der Waals surface area contributed by atoms with Crippen molar-refractivity contribution < 1.29 is 43.1 Å². The van der Waals surface area contributed by atoms with Crippen LogP contribution in [0.15, 0.2) is 67.0 Å². The first-order valence-corrected chi connectivity index (χ1v) is 19.8. The third-order valence-electron chi connectivity index (χ3n) is 9.24. The van der Waals surface area contributed by atoms with Crippen LogP contribution >= 0.6 is 7.67 Å². The molecule has 1 saturated heterocycles. The average Bonchev–Trinajstić information content (AvgIpc) is 3.82. The van der Waals surface area contributed by atoms with Crippen molar-refractivity contribution in [2.24, 2.45) is 0 Å². The lowest BCUT2D eigenvalue weighted by molar-refractivity contribution is -0.145. The van der Waals surface area contributed by atoms with Crippen molar-refractivity contribution in [3.63, 3.8) is 0 Å². The van der Waals surface area contributed by atoms with Crippen molar-refractivity contribution in [3.8, 4) is 0 Å². The summed E-state index contributed by atoms with van der Waals surface area (Å²) in [5, 5.41) is 32.1. The van der Waals surface area contributed by atoms with Crippen LogP contribution in [0, 0.1) is 6.92 Å². The zero-order chi connectivity index (χ0) is 38.5. The molecule has 0 amide bonds. The van der Waals surface area contributed by atoms with Gasteiger partial charge < -0.3 is 34.3 Å². The second-order valence-corrected chi connectivity index (χ2v) is 15.5. The third-order valence-corrected chi connectivity index (χ3v) is 11.1. The highest BCUT2D eigenvalue weighted by Crippen LogP contribution is 2.44. The lowest BCUT2D eigenvalue weighted by Gasteiger charge is -2.30. The van der Waals surface area contributed by atoms with E-state index in [4.69, 9.17) is 18.7 Å². The van der Waals surface area contributed by atoms with E-state index in [2.05, 4.69) is 30.4 Å². The number of benzene rings is 2. The van der Waals surface area contributed by atoms with Gasteiger partial charge in [0.1, 0.15) is 35.7 Å². The molecule has 2 aliphatic rings. The molecule has 2 aromatic carbocycles. The van der Waals surface area contributed by atoms with Crippen LogP contribution in [-0.2, 0) is 45.7 Å². The van der Waals surface area contributed by atoms with Crippen LogP contribution in [0.2, 0.25) is 0 Å². The Labute approximate surface area is 313 Å². The Bertz CT molecular complexity index is 1870. The number of aliphatic hydroxyl groups excluding tert-OH is 1. The van der Waals surface area contributed by atoms with Crippen LogP contribution in [0.5, 0.6) is 0 Å². The molecule has 3 heterocycles. The molecule has 54 heavy (non-hydrogen) atoms. The Morgan fingerprint density at radius 3 is 2.04 bits per heavy atom. The Kier molecular flexibility index (Phi) is 12.4. The number of aromatic nitrogens is 4. The molecule has 1 saturated carbocycles. The van der Waals surface area contributed by atoms with E-state index in [1.807, 2.05) is 60.7 Å². The van der Waals surface area contributed by atoms with Crippen molar-refractivity contribution in [2.45, 2.75) is 95.5 Å². The number of aliphatic hydroxyl groups is 2. The molecule has 290 valence electrons. The summed E-state index contributed by atoms with van der Waals surface area (Å²) in [6.45, 7) is 6.06. The van der Waals surface area contributed by atoms with Gasteiger partial charge in [-0.1, -0.05) is 60.7 Å². The van der Waals surface area contributed by atoms with Gasteiger partial charge in [-0.05, 0) is 64.5 Å². The van der Waals surface area contributed by atoms with Crippen molar-refractivity contribution in [2.75, 3.05) is 25.1 Å². The summed E-state index contributed by atoms with van der Waals surface area (Å²) in [5.41, 5.74) is 0.463. The van der Waals surface area contributed by atoms with E-state index in [1.54, 1.807) is 20.8 Å². The van der Waals surface area contributed by atoms with Gasteiger partial charge in [-0.3, -0.25) is 18.7 Å². The second kappa shape index (κ2) is 17.0. The Hall–Kier alpha value is -4.28. The first-order valence-electron chi connectivity index (χ1n) is 18.2. The van der Waals surface area contributed by atoms with E-state index in [1.165, 1.54) is 17.8 Å². The summed E-state index contributed by atoms with van der Waals surface area (Å²) in [5.74, 6) is -0.347. The number of aryl methyl sites for hydroxylation is 1. The maximum absolute atomic E-state index is 15.0. The monoisotopic (exact) mass is 765 g/mol. The molecule has 1 aliphatic carbocycles. The minimum atomic E-state index is -4.44. The van der Waals surface area contributed by atoms with Crippen LogP contribution in [0.3, 0.4) is 0 Å². The number of hydrogen-bond donors (Lipinski definition) is 5. The molecule has 16 nitrogen and oxygen atoms in total. The molecule has 1 aliphatic heterocycles. The van der Waals surface area contributed by atoms with E-state index in [-0.39, 0.29) is 26.1 Å². The Morgan fingerprint density at radius 1 is 0.963 bits per heavy atom. The summed E-state index contributed by atoms with van der Waals surface area (Å²) in [4.78, 5) is 40.2. The number of ether oxygens (including phenoxy) is 3. The Balaban J connectivity index is 1.29. The fraction of sp³-hybridized carbons (Fsp3) is 0.486. The van der Waals surface area contributed by atoms with Crippen LogP contribution in [-0.4, -0.2) is 97.4 Å². The van der Waals surface area contributed by atoms with E-state index < -0.39 is 62.3 Å². The number of hydrogen-bond acceptors (Lipinski definition) is 13. The number of carbonyl (C=O) groups is 2. The van der Waals surface area contributed by atoms with Gasteiger partial charge in [0.15, 0.2) is 23.2 Å². The van der Waals surface area contributed by atoms with Crippen molar-refractivity contribution >= 4 is 36.6 Å². The van der Waals surface area contributed by atoms with Gasteiger partial charge in [0.25, 0.3) is 0 Å². The van der Waals surface area contributed by atoms with E-state index >= 15 is 4.57 Å². The summed E-state index contributed by atoms with van der Waals surface area (Å²) in [6.07, 6.45) is -0.328. The highest BCUT2D eigenvalue weighted by atomic mass is 31.2. The molecule has 6 atom stereocenters. The molecule has 1 unspecified atom stereocenters. The number of imidazole rings is 1. The van der Waals surface area contributed by atoms with Gasteiger partial charge in [-0.15, -0.1) is 0 Å². The predicted octanol–water partition coefficient (Wildman–Crippen LogP) is 3.37. The molecule has 4 aromatic rings. The average molecular weight is 766 g/mol. The first-order chi connectivity index (χ1) is 25.9. The van der Waals surface area contributed by atoms with Crippen LogP contribution in [0.4, 0.5) is 5.82 Å². The van der Waals surface area contributed by atoms with Crippen LogP contribution in [0.25, 0.3) is 11.2 Å². The first kappa shape index (κ1) is 39.4. The number of carbonyl (C=O) groups excluding carboxylic acids is 2. The molecule has 0 bridgehead atoms. The molecule has 2 fully saturated rings. The topological polar surface area (TPSA) is 208 Å². The van der Waals surface area contributed by atoms with Crippen LogP contribution in [0.1, 0.15) is 56.8 Å². The lowest BCUT2D eigenvalue weighted by Crippen LogP contribution is -2.47. The minimum absolute atomic E-state index is 0.0634. The van der Waals surface area contributed by atoms with E-state index in [0.29, 0.717) is 28.8 Å². The van der Waals surface area contributed by atoms with Gasteiger partial charge in [-0.25, -0.2) is 25.1 Å². The summed E-state index contributed by atoms with van der Waals surface area (Å²) in [6, 6.07) is 16.1. The largest absolute Gasteiger partial charge is 0.465 e. The highest BCUT2D eigenvalue weighted by molar-refractivity contribution is 7.54. The zero-order valence-corrected chi connectivity index (χ0v) is 31.6. The van der Waals surface area contributed by atoms with Gasteiger partial charge in [0.2, 0.25) is 0 Å². The molecular formula is C37H48N7O9P. The number of rotatable bonds is 18. The number of esters is 2. The second-order valence-electron chi connectivity index (χ2n) is 13.7. The SMILES string of the molecule is CCOC(=O)[C@H](Cc1ccccc1)NP(=O)(N[C@@H](Cc1ccccc1)C(=O)OCC)OC[C@H]1O[C@@H](n2cnc3c(NC4CC4)nc(C)nc32)C(C)(O)[C@H]1O. The standard InChI is InChI=1S/C37H48N7O9P/c1-5-50-34(46)27(19-24-13-9-7-10-14-24)42-54(49,43-28(35(47)51-6-2)20-25-15-11-8-12-16-25)52-21-29-31(45)37(4,48)36(53-29)44-22-38-30-32(41-26-17-18-26)39-23(3)40-33(30)44/h7-16,22,26-29,31,36,45,48H,5-6,17-21H2,1-4H3,(H,39,40,41)(H2,42,43,49)/t27-,28-,29+,31-,36+,37?/m0/s1. The van der Waals surface area contributed by atoms with Crippen LogP contribution < -0.4 is 15.5 Å².